The van der Waals surface area contributed by atoms with Crippen LogP contribution in [-0.2, 0) is 13.1 Å². The van der Waals surface area contributed by atoms with Gasteiger partial charge in [-0.15, -0.1) is 0 Å². The number of benzene rings is 2. The number of halogens is 2. The van der Waals surface area contributed by atoms with Gasteiger partial charge in [0.1, 0.15) is 0 Å². The summed E-state index contributed by atoms with van der Waals surface area (Å²) in [5.74, 6) is -0.923. The first-order chi connectivity index (χ1) is 12.2. The largest absolute Gasteiger partial charge is 0.330 e. The van der Waals surface area contributed by atoms with E-state index >= 15 is 0 Å². The fourth-order valence-corrected chi connectivity index (χ4v) is 3.66. The lowest BCUT2D eigenvalue weighted by Gasteiger charge is -2.32. The summed E-state index contributed by atoms with van der Waals surface area (Å²) in [6.45, 7) is 3.63. The van der Waals surface area contributed by atoms with Crippen LogP contribution in [0.4, 0.5) is 8.78 Å². The molecule has 4 rings (SSSR count). The third kappa shape index (κ3) is 3.56. The number of hydrogen-bond acceptors (Lipinski definition) is 2. The molecule has 0 atom stereocenters. The van der Waals surface area contributed by atoms with Gasteiger partial charge in [0.15, 0.2) is 11.6 Å². The van der Waals surface area contributed by atoms with E-state index in [0.717, 1.165) is 43.6 Å². The van der Waals surface area contributed by atoms with Gasteiger partial charge in [-0.25, -0.2) is 13.8 Å². The van der Waals surface area contributed by atoms with Gasteiger partial charge in [-0.3, -0.25) is 4.90 Å². The van der Waals surface area contributed by atoms with E-state index in [9.17, 15) is 8.78 Å². The average molecular weight is 341 g/mol. The van der Waals surface area contributed by atoms with E-state index in [1.165, 1.54) is 17.6 Å². The van der Waals surface area contributed by atoms with Crippen LogP contribution in [0.15, 0.2) is 48.8 Å². The maximum absolute atomic E-state index is 13.3. The highest BCUT2D eigenvalue weighted by atomic mass is 19.2. The Hall–Kier alpha value is -2.27. The molecule has 0 spiro atoms. The van der Waals surface area contributed by atoms with E-state index in [0.29, 0.717) is 12.5 Å². The maximum Gasteiger partial charge on any atom is 0.159 e. The predicted octanol–water partition coefficient (Wildman–Crippen LogP) is 4.23. The second-order valence-corrected chi connectivity index (χ2v) is 6.85. The van der Waals surface area contributed by atoms with Crippen molar-refractivity contribution in [2.75, 3.05) is 13.1 Å². The van der Waals surface area contributed by atoms with Crippen LogP contribution in [-0.4, -0.2) is 27.5 Å². The third-order valence-corrected chi connectivity index (χ3v) is 5.08. The summed E-state index contributed by atoms with van der Waals surface area (Å²) in [6.07, 6.45) is 4.14. The summed E-state index contributed by atoms with van der Waals surface area (Å²) >= 11 is 0. The van der Waals surface area contributed by atoms with Gasteiger partial charge in [0.05, 0.1) is 17.4 Å². The number of para-hydroxylation sites is 2. The molecular weight excluding hydrogens is 320 g/mol. The molecule has 2 aromatic carbocycles. The molecule has 1 saturated heterocycles. The van der Waals surface area contributed by atoms with Crippen molar-refractivity contribution in [3.63, 3.8) is 0 Å². The summed E-state index contributed by atoms with van der Waals surface area (Å²) < 4.78 is 28.6. The third-order valence-electron chi connectivity index (χ3n) is 5.08. The number of likely N-dealkylation sites (tertiary alicyclic amines) is 1. The number of piperidine rings is 1. The fourth-order valence-electron chi connectivity index (χ4n) is 3.66. The van der Waals surface area contributed by atoms with Crippen LogP contribution in [0, 0.1) is 17.6 Å². The van der Waals surface area contributed by atoms with E-state index < -0.39 is 11.6 Å². The standard InChI is InChI=1S/C20H21F2N3/c21-17-6-5-16(11-18(17)22)12-24-9-7-15(8-10-24)13-25-14-23-19-3-1-2-4-20(19)25/h1-6,11,14-15H,7-10,12-13H2. The van der Waals surface area contributed by atoms with Crippen LogP contribution in [0.25, 0.3) is 11.0 Å². The Labute approximate surface area is 145 Å². The number of hydrogen-bond donors (Lipinski definition) is 0. The lowest BCUT2D eigenvalue weighted by molar-refractivity contribution is 0.167. The second kappa shape index (κ2) is 6.92. The molecule has 0 aliphatic carbocycles. The van der Waals surface area contributed by atoms with E-state index in [4.69, 9.17) is 0 Å². The smallest absolute Gasteiger partial charge is 0.159 e. The highest BCUT2D eigenvalue weighted by Crippen LogP contribution is 2.23. The Kier molecular flexibility index (Phi) is 4.49. The quantitative estimate of drug-likeness (QED) is 0.708. The molecule has 5 heteroatoms. The Morgan fingerprint density at radius 1 is 1.00 bits per heavy atom. The zero-order valence-corrected chi connectivity index (χ0v) is 14.0. The van der Waals surface area contributed by atoms with Gasteiger partial charge in [-0.1, -0.05) is 18.2 Å². The molecular formula is C20H21F2N3. The number of rotatable bonds is 4. The number of nitrogens with zero attached hydrogens (tertiary/aromatic N) is 3. The first-order valence-corrected chi connectivity index (χ1v) is 8.75. The van der Waals surface area contributed by atoms with E-state index in [-0.39, 0.29) is 0 Å². The second-order valence-electron chi connectivity index (χ2n) is 6.85. The molecule has 1 fully saturated rings. The Balaban J connectivity index is 1.34. The van der Waals surface area contributed by atoms with Gasteiger partial charge in [-0.05, 0) is 61.7 Å². The van der Waals surface area contributed by atoms with Crippen molar-refractivity contribution in [1.29, 1.82) is 0 Å². The molecule has 0 bridgehead atoms. The lowest BCUT2D eigenvalue weighted by Crippen LogP contribution is -2.34. The molecule has 1 aromatic heterocycles. The summed E-state index contributed by atoms with van der Waals surface area (Å²) in [7, 11) is 0. The molecule has 3 nitrogen and oxygen atoms in total. The van der Waals surface area contributed by atoms with Gasteiger partial charge < -0.3 is 4.57 Å². The minimum atomic E-state index is -0.782. The Morgan fingerprint density at radius 3 is 2.60 bits per heavy atom. The molecule has 2 heterocycles. The molecule has 1 aliphatic rings. The molecule has 1 aliphatic heterocycles. The number of aromatic nitrogens is 2. The Morgan fingerprint density at radius 2 is 1.80 bits per heavy atom. The SMILES string of the molecule is Fc1ccc(CN2CCC(Cn3cnc4ccccc43)CC2)cc1F. The molecule has 3 aromatic rings. The van der Waals surface area contributed by atoms with Crippen molar-refractivity contribution >= 4 is 11.0 Å². The fraction of sp³-hybridized carbons (Fsp3) is 0.350. The molecule has 0 amide bonds. The van der Waals surface area contributed by atoms with Crippen molar-refractivity contribution in [2.45, 2.75) is 25.9 Å². The molecule has 130 valence electrons. The van der Waals surface area contributed by atoms with Crippen LogP contribution in [0.2, 0.25) is 0 Å². The van der Waals surface area contributed by atoms with Crippen molar-refractivity contribution in [2.24, 2.45) is 5.92 Å². The van der Waals surface area contributed by atoms with Crippen LogP contribution in [0.1, 0.15) is 18.4 Å². The minimum absolute atomic E-state index is 0.624. The van der Waals surface area contributed by atoms with Crippen molar-refractivity contribution in [3.8, 4) is 0 Å². The average Bonchev–Trinajstić information content (AvgIpc) is 3.03. The van der Waals surface area contributed by atoms with Gasteiger partial charge >= 0.3 is 0 Å². The Bertz CT molecular complexity index is 866. The van der Waals surface area contributed by atoms with E-state index in [2.05, 4.69) is 20.5 Å². The molecule has 0 N–H and O–H groups in total. The molecule has 0 saturated carbocycles. The first kappa shape index (κ1) is 16.2. The number of imidazole rings is 1. The van der Waals surface area contributed by atoms with Crippen LogP contribution in [0.5, 0.6) is 0 Å². The van der Waals surface area contributed by atoms with Gasteiger partial charge in [0.2, 0.25) is 0 Å². The monoisotopic (exact) mass is 341 g/mol. The summed E-state index contributed by atoms with van der Waals surface area (Å²) in [5, 5.41) is 0. The summed E-state index contributed by atoms with van der Waals surface area (Å²) in [6, 6.07) is 12.4. The van der Waals surface area contributed by atoms with Crippen LogP contribution in [0.3, 0.4) is 0 Å². The summed E-state index contributed by atoms with van der Waals surface area (Å²) in [5.41, 5.74) is 3.06. The minimum Gasteiger partial charge on any atom is -0.330 e. The zero-order valence-electron chi connectivity index (χ0n) is 14.0. The van der Waals surface area contributed by atoms with Gasteiger partial charge in [0.25, 0.3) is 0 Å². The van der Waals surface area contributed by atoms with Gasteiger partial charge in [-0.2, -0.15) is 0 Å². The van der Waals surface area contributed by atoms with E-state index in [1.54, 1.807) is 6.07 Å². The van der Waals surface area contributed by atoms with Crippen LogP contribution < -0.4 is 0 Å². The zero-order chi connectivity index (χ0) is 17.2. The van der Waals surface area contributed by atoms with Gasteiger partial charge in [0, 0.05) is 13.1 Å². The maximum atomic E-state index is 13.3. The molecule has 0 radical (unpaired) electrons. The topological polar surface area (TPSA) is 21.1 Å². The van der Waals surface area contributed by atoms with Crippen molar-refractivity contribution in [1.82, 2.24) is 14.5 Å². The van der Waals surface area contributed by atoms with Crippen molar-refractivity contribution in [3.05, 3.63) is 66.0 Å². The normalized spacial score (nSPS) is 16.6. The lowest BCUT2D eigenvalue weighted by atomic mass is 9.96. The predicted molar refractivity (Wildman–Crippen MR) is 94.1 cm³/mol. The highest BCUT2D eigenvalue weighted by Gasteiger charge is 2.20. The van der Waals surface area contributed by atoms with Crippen molar-refractivity contribution < 1.29 is 8.78 Å². The summed E-state index contributed by atoms with van der Waals surface area (Å²) in [4.78, 5) is 6.77. The molecule has 25 heavy (non-hydrogen) atoms. The van der Waals surface area contributed by atoms with E-state index in [1.807, 2.05) is 24.5 Å². The highest BCUT2D eigenvalue weighted by molar-refractivity contribution is 5.74. The molecule has 0 unspecified atom stereocenters. The van der Waals surface area contributed by atoms with Crippen LogP contribution >= 0.6 is 0 Å². The first-order valence-electron chi connectivity index (χ1n) is 8.75. The number of fused-ring (bicyclic) bond motifs is 1.